The molecule has 0 saturated heterocycles. The molecule has 0 fully saturated rings. The normalized spacial score (nSPS) is 12.4. The summed E-state index contributed by atoms with van der Waals surface area (Å²) >= 11 is 5.69. The SMILES string of the molecule is NC(Cc1cccnc1)c1ccc(Cl)cc1F. The van der Waals surface area contributed by atoms with E-state index in [-0.39, 0.29) is 5.82 Å². The van der Waals surface area contributed by atoms with Gasteiger partial charge in [0.25, 0.3) is 0 Å². The van der Waals surface area contributed by atoms with Gasteiger partial charge in [0.1, 0.15) is 5.82 Å². The summed E-state index contributed by atoms with van der Waals surface area (Å²) in [4.78, 5) is 4.00. The van der Waals surface area contributed by atoms with Crippen molar-refractivity contribution in [3.05, 3.63) is 64.7 Å². The van der Waals surface area contributed by atoms with Crippen LogP contribution in [0, 0.1) is 5.82 Å². The molecule has 1 heterocycles. The average Bonchev–Trinajstić information content (AvgIpc) is 2.30. The summed E-state index contributed by atoms with van der Waals surface area (Å²) in [6, 6.07) is 7.90. The molecule has 0 bridgehead atoms. The van der Waals surface area contributed by atoms with Crippen molar-refractivity contribution in [3.63, 3.8) is 0 Å². The van der Waals surface area contributed by atoms with Crippen LogP contribution in [0.1, 0.15) is 17.2 Å². The fraction of sp³-hybridized carbons (Fsp3) is 0.154. The van der Waals surface area contributed by atoms with Crippen LogP contribution in [-0.2, 0) is 6.42 Å². The van der Waals surface area contributed by atoms with E-state index in [9.17, 15) is 4.39 Å². The quantitative estimate of drug-likeness (QED) is 0.909. The van der Waals surface area contributed by atoms with Crippen LogP contribution in [0.2, 0.25) is 5.02 Å². The Kier molecular flexibility index (Phi) is 3.71. The summed E-state index contributed by atoms with van der Waals surface area (Å²) in [7, 11) is 0. The third kappa shape index (κ3) is 3.02. The molecule has 4 heteroatoms. The van der Waals surface area contributed by atoms with E-state index in [2.05, 4.69) is 4.98 Å². The van der Waals surface area contributed by atoms with Gasteiger partial charge in [0.15, 0.2) is 0 Å². The lowest BCUT2D eigenvalue weighted by Gasteiger charge is -2.13. The van der Waals surface area contributed by atoms with Crippen LogP contribution in [0.15, 0.2) is 42.7 Å². The van der Waals surface area contributed by atoms with Crippen molar-refractivity contribution in [1.29, 1.82) is 0 Å². The zero-order valence-corrected chi connectivity index (χ0v) is 9.86. The molecule has 0 radical (unpaired) electrons. The highest BCUT2D eigenvalue weighted by atomic mass is 35.5. The van der Waals surface area contributed by atoms with E-state index < -0.39 is 6.04 Å². The van der Waals surface area contributed by atoms with E-state index in [0.717, 1.165) is 5.56 Å². The first kappa shape index (κ1) is 12.0. The van der Waals surface area contributed by atoms with Crippen molar-refractivity contribution in [2.75, 3.05) is 0 Å². The predicted molar refractivity (Wildman–Crippen MR) is 66.3 cm³/mol. The molecule has 1 atom stereocenters. The smallest absolute Gasteiger partial charge is 0.129 e. The summed E-state index contributed by atoms with van der Waals surface area (Å²) in [5.41, 5.74) is 7.42. The molecule has 2 nitrogen and oxygen atoms in total. The molecule has 1 unspecified atom stereocenters. The maximum Gasteiger partial charge on any atom is 0.129 e. The molecule has 2 aromatic rings. The molecule has 0 amide bonds. The monoisotopic (exact) mass is 250 g/mol. The van der Waals surface area contributed by atoms with Gasteiger partial charge in [0.05, 0.1) is 0 Å². The van der Waals surface area contributed by atoms with Gasteiger partial charge in [-0.15, -0.1) is 0 Å². The minimum atomic E-state index is -0.392. The number of aromatic nitrogens is 1. The first-order chi connectivity index (χ1) is 8.16. The van der Waals surface area contributed by atoms with E-state index in [1.54, 1.807) is 24.5 Å². The Morgan fingerprint density at radius 1 is 1.35 bits per heavy atom. The van der Waals surface area contributed by atoms with Gasteiger partial charge in [0, 0.05) is 29.0 Å². The van der Waals surface area contributed by atoms with Gasteiger partial charge < -0.3 is 5.73 Å². The van der Waals surface area contributed by atoms with Crippen molar-refractivity contribution < 1.29 is 4.39 Å². The van der Waals surface area contributed by atoms with Gasteiger partial charge in [-0.25, -0.2) is 4.39 Å². The van der Waals surface area contributed by atoms with Crippen LogP contribution in [-0.4, -0.2) is 4.98 Å². The fourth-order valence-corrected chi connectivity index (χ4v) is 1.84. The molecule has 0 aliphatic heterocycles. The maximum absolute atomic E-state index is 13.6. The van der Waals surface area contributed by atoms with Crippen molar-refractivity contribution in [2.24, 2.45) is 5.73 Å². The van der Waals surface area contributed by atoms with Crippen LogP contribution in [0.5, 0.6) is 0 Å². The molecule has 1 aromatic heterocycles. The highest BCUT2D eigenvalue weighted by molar-refractivity contribution is 6.30. The summed E-state index contributed by atoms with van der Waals surface area (Å²) in [6.45, 7) is 0. The highest BCUT2D eigenvalue weighted by Gasteiger charge is 2.12. The number of nitrogens with zero attached hydrogens (tertiary/aromatic N) is 1. The lowest BCUT2D eigenvalue weighted by atomic mass is 10.0. The zero-order valence-electron chi connectivity index (χ0n) is 9.11. The summed E-state index contributed by atoms with van der Waals surface area (Å²) in [5.74, 6) is -0.367. The maximum atomic E-state index is 13.6. The Balaban J connectivity index is 2.17. The first-order valence-electron chi connectivity index (χ1n) is 5.26. The second-order valence-corrected chi connectivity index (χ2v) is 4.27. The molecule has 2 N–H and O–H groups in total. The Morgan fingerprint density at radius 2 is 2.18 bits per heavy atom. The molecule has 88 valence electrons. The number of rotatable bonds is 3. The minimum absolute atomic E-state index is 0.367. The number of hydrogen-bond donors (Lipinski definition) is 1. The number of halogens is 2. The molecular formula is C13H12ClFN2. The summed E-state index contributed by atoms with van der Waals surface area (Å²) in [6.07, 6.45) is 3.97. The van der Waals surface area contributed by atoms with Crippen molar-refractivity contribution in [2.45, 2.75) is 12.5 Å². The molecule has 0 aliphatic carbocycles. The van der Waals surface area contributed by atoms with Gasteiger partial charge in [0.2, 0.25) is 0 Å². The Morgan fingerprint density at radius 3 is 2.82 bits per heavy atom. The Labute approximate surface area is 104 Å². The van der Waals surface area contributed by atoms with Gasteiger partial charge in [-0.1, -0.05) is 23.7 Å². The van der Waals surface area contributed by atoms with E-state index >= 15 is 0 Å². The van der Waals surface area contributed by atoms with Gasteiger partial charge >= 0.3 is 0 Å². The molecule has 2 rings (SSSR count). The predicted octanol–water partition coefficient (Wildman–Crippen LogP) is 3.12. The van der Waals surface area contributed by atoms with Crippen molar-refractivity contribution >= 4 is 11.6 Å². The van der Waals surface area contributed by atoms with Crippen molar-refractivity contribution in [3.8, 4) is 0 Å². The standard InChI is InChI=1S/C13H12ClFN2/c14-10-3-4-11(12(15)7-10)13(16)6-9-2-1-5-17-8-9/h1-5,7-8,13H,6,16H2. The van der Waals surface area contributed by atoms with E-state index in [4.69, 9.17) is 17.3 Å². The second kappa shape index (κ2) is 5.25. The molecule has 0 aliphatic rings. The molecular weight excluding hydrogens is 239 g/mol. The minimum Gasteiger partial charge on any atom is -0.324 e. The van der Waals surface area contributed by atoms with Crippen LogP contribution >= 0.6 is 11.6 Å². The lowest BCUT2D eigenvalue weighted by molar-refractivity contribution is 0.580. The third-order valence-electron chi connectivity index (χ3n) is 2.54. The molecule has 1 aromatic carbocycles. The van der Waals surface area contributed by atoms with Gasteiger partial charge in [-0.2, -0.15) is 0 Å². The second-order valence-electron chi connectivity index (χ2n) is 3.84. The Bertz CT molecular complexity index is 502. The van der Waals surface area contributed by atoms with E-state index in [1.165, 1.54) is 6.07 Å². The van der Waals surface area contributed by atoms with Crippen LogP contribution in [0.25, 0.3) is 0 Å². The van der Waals surface area contributed by atoms with Crippen LogP contribution in [0.4, 0.5) is 4.39 Å². The molecule has 0 spiro atoms. The number of hydrogen-bond acceptors (Lipinski definition) is 2. The van der Waals surface area contributed by atoms with Gasteiger partial charge in [-0.05, 0) is 30.2 Å². The molecule has 17 heavy (non-hydrogen) atoms. The lowest BCUT2D eigenvalue weighted by Crippen LogP contribution is -2.15. The van der Waals surface area contributed by atoms with E-state index in [1.807, 2.05) is 12.1 Å². The zero-order chi connectivity index (χ0) is 12.3. The summed E-state index contributed by atoms with van der Waals surface area (Å²) in [5, 5.41) is 0.375. The highest BCUT2D eigenvalue weighted by Crippen LogP contribution is 2.21. The van der Waals surface area contributed by atoms with Gasteiger partial charge in [-0.3, -0.25) is 4.98 Å². The number of pyridine rings is 1. The van der Waals surface area contributed by atoms with E-state index in [0.29, 0.717) is 17.0 Å². The largest absolute Gasteiger partial charge is 0.324 e. The topological polar surface area (TPSA) is 38.9 Å². The van der Waals surface area contributed by atoms with Crippen molar-refractivity contribution in [1.82, 2.24) is 4.98 Å². The van der Waals surface area contributed by atoms with Crippen LogP contribution < -0.4 is 5.73 Å². The average molecular weight is 251 g/mol. The Hall–Kier alpha value is -1.45. The van der Waals surface area contributed by atoms with Crippen LogP contribution in [0.3, 0.4) is 0 Å². The summed E-state index contributed by atoms with van der Waals surface area (Å²) < 4.78 is 13.6. The first-order valence-corrected chi connectivity index (χ1v) is 5.64. The number of benzene rings is 1. The third-order valence-corrected chi connectivity index (χ3v) is 2.78. The fourth-order valence-electron chi connectivity index (χ4n) is 1.68. The molecule has 0 saturated carbocycles. The number of nitrogens with two attached hydrogens (primary N) is 1.